The van der Waals surface area contributed by atoms with Crippen molar-refractivity contribution in [3.8, 4) is 0 Å². The Balaban J connectivity index is 2.38. The number of carboxylic acid groups (broad SMARTS) is 1. The smallest absolute Gasteiger partial charge is 0.326 e. The van der Waals surface area contributed by atoms with Crippen LogP contribution >= 0.6 is 0 Å². The van der Waals surface area contributed by atoms with E-state index in [4.69, 9.17) is 0 Å². The van der Waals surface area contributed by atoms with Crippen molar-refractivity contribution in [2.75, 3.05) is 0 Å². The zero-order valence-corrected chi connectivity index (χ0v) is 11.5. The molecule has 2 aromatic rings. The van der Waals surface area contributed by atoms with Crippen molar-refractivity contribution >= 4 is 16.0 Å². The molecule has 2 aromatic carbocycles. The van der Waals surface area contributed by atoms with Crippen molar-refractivity contribution in [3.63, 3.8) is 0 Å². The van der Waals surface area contributed by atoms with Crippen LogP contribution in [0.4, 0.5) is 4.39 Å². The summed E-state index contributed by atoms with van der Waals surface area (Å²) in [7, 11) is -4.29. The summed E-state index contributed by atoms with van der Waals surface area (Å²) >= 11 is 0. The van der Waals surface area contributed by atoms with Crippen LogP contribution in [0.2, 0.25) is 0 Å². The van der Waals surface area contributed by atoms with Gasteiger partial charge in [0.2, 0.25) is 10.0 Å². The number of carboxylic acids is 1. The topological polar surface area (TPSA) is 83.5 Å². The summed E-state index contributed by atoms with van der Waals surface area (Å²) < 4.78 is 39.8. The van der Waals surface area contributed by atoms with Crippen LogP contribution in [0.25, 0.3) is 0 Å². The van der Waals surface area contributed by atoms with Gasteiger partial charge in [-0.2, -0.15) is 4.72 Å². The Kier molecular flexibility index (Phi) is 4.35. The third-order valence-corrected chi connectivity index (χ3v) is 4.24. The monoisotopic (exact) mass is 309 g/mol. The average Bonchev–Trinajstić information content (AvgIpc) is 2.46. The van der Waals surface area contributed by atoms with Crippen LogP contribution in [0.15, 0.2) is 59.5 Å². The van der Waals surface area contributed by atoms with E-state index in [1.807, 2.05) is 4.72 Å². The first-order valence-corrected chi connectivity index (χ1v) is 7.45. The normalized spacial score (nSPS) is 12.8. The Labute approximate surface area is 121 Å². The van der Waals surface area contributed by atoms with Crippen LogP contribution in [0.1, 0.15) is 11.6 Å². The molecule has 0 aliphatic heterocycles. The van der Waals surface area contributed by atoms with Crippen molar-refractivity contribution in [1.29, 1.82) is 0 Å². The maximum absolute atomic E-state index is 13.6. The summed E-state index contributed by atoms with van der Waals surface area (Å²) in [5.74, 6) is -2.32. The van der Waals surface area contributed by atoms with Gasteiger partial charge < -0.3 is 5.11 Å². The number of nitrogens with one attached hydrogen (secondary N) is 1. The molecule has 0 saturated carbocycles. The second kappa shape index (κ2) is 6.02. The van der Waals surface area contributed by atoms with Gasteiger partial charge in [-0.3, -0.25) is 4.79 Å². The average molecular weight is 309 g/mol. The van der Waals surface area contributed by atoms with Gasteiger partial charge >= 0.3 is 5.97 Å². The lowest BCUT2D eigenvalue weighted by molar-refractivity contribution is -0.139. The standard InChI is InChI=1S/C14H12FNO4S/c15-11-8-4-5-9-12(11)21(19,20)16-13(14(17)18)10-6-2-1-3-7-10/h1-9,13,16H,(H,17,18). The Bertz CT molecular complexity index is 747. The second-order valence-corrected chi connectivity index (χ2v) is 5.92. The van der Waals surface area contributed by atoms with E-state index in [9.17, 15) is 22.7 Å². The van der Waals surface area contributed by atoms with Crippen molar-refractivity contribution in [2.45, 2.75) is 10.9 Å². The van der Waals surface area contributed by atoms with Gasteiger partial charge in [-0.25, -0.2) is 12.8 Å². The Hall–Kier alpha value is -2.25. The van der Waals surface area contributed by atoms with Crippen molar-refractivity contribution in [2.24, 2.45) is 0 Å². The molecule has 0 heterocycles. The predicted molar refractivity (Wildman–Crippen MR) is 73.5 cm³/mol. The largest absolute Gasteiger partial charge is 0.480 e. The van der Waals surface area contributed by atoms with Gasteiger partial charge in [-0.05, 0) is 17.7 Å². The summed E-state index contributed by atoms with van der Waals surface area (Å²) in [6, 6.07) is 11.1. The molecule has 1 unspecified atom stereocenters. The van der Waals surface area contributed by atoms with Crippen LogP contribution in [-0.4, -0.2) is 19.5 Å². The summed E-state index contributed by atoms with van der Waals surface area (Å²) in [5.41, 5.74) is 0.255. The fourth-order valence-electron chi connectivity index (χ4n) is 1.79. The van der Waals surface area contributed by atoms with Crippen molar-refractivity contribution in [1.82, 2.24) is 4.72 Å². The minimum atomic E-state index is -4.29. The number of aliphatic carboxylic acids is 1. The van der Waals surface area contributed by atoms with Crippen LogP contribution in [-0.2, 0) is 14.8 Å². The number of rotatable bonds is 5. The third-order valence-electron chi connectivity index (χ3n) is 2.78. The van der Waals surface area contributed by atoms with E-state index >= 15 is 0 Å². The number of benzene rings is 2. The molecule has 7 heteroatoms. The molecule has 0 radical (unpaired) electrons. The minimum absolute atomic E-state index is 0.255. The first-order chi connectivity index (χ1) is 9.92. The maximum Gasteiger partial charge on any atom is 0.326 e. The highest BCUT2D eigenvalue weighted by Crippen LogP contribution is 2.19. The molecule has 0 aliphatic rings. The number of halogens is 1. The maximum atomic E-state index is 13.6. The first-order valence-electron chi connectivity index (χ1n) is 5.96. The molecule has 21 heavy (non-hydrogen) atoms. The molecule has 5 nitrogen and oxygen atoms in total. The van der Waals surface area contributed by atoms with Crippen LogP contribution in [0.5, 0.6) is 0 Å². The van der Waals surface area contributed by atoms with Crippen LogP contribution in [0.3, 0.4) is 0 Å². The zero-order chi connectivity index (χ0) is 15.5. The number of carbonyl (C=O) groups is 1. The Morgan fingerprint density at radius 2 is 1.62 bits per heavy atom. The minimum Gasteiger partial charge on any atom is -0.480 e. The molecular weight excluding hydrogens is 297 g/mol. The Morgan fingerprint density at radius 3 is 2.19 bits per heavy atom. The quantitative estimate of drug-likeness (QED) is 0.884. The van der Waals surface area contributed by atoms with E-state index in [1.165, 1.54) is 24.3 Å². The first kappa shape index (κ1) is 15.1. The van der Waals surface area contributed by atoms with Crippen molar-refractivity contribution < 1.29 is 22.7 Å². The summed E-state index contributed by atoms with van der Waals surface area (Å²) in [5, 5.41) is 9.19. The fraction of sp³-hybridized carbons (Fsp3) is 0.0714. The molecular formula is C14H12FNO4S. The van der Waals surface area contributed by atoms with E-state index in [2.05, 4.69) is 0 Å². The van der Waals surface area contributed by atoms with Crippen LogP contribution < -0.4 is 4.72 Å². The third kappa shape index (κ3) is 3.45. The van der Waals surface area contributed by atoms with Gasteiger partial charge in [0.1, 0.15) is 16.8 Å². The highest BCUT2D eigenvalue weighted by molar-refractivity contribution is 7.89. The van der Waals surface area contributed by atoms with E-state index in [0.717, 1.165) is 12.1 Å². The zero-order valence-electron chi connectivity index (χ0n) is 10.7. The van der Waals surface area contributed by atoms with Crippen molar-refractivity contribution in [3.05, 3.63) is 66.0 Å². The highest BCUT2D eigenvalue weighted by atomic mass is 32.2. The molecule has 0 saturated heterocycles. The van der Waals surface area contributed by atoms with Gasteiger partial charge in [0, 0.05) is 0 Å². The fourth-order valence-corrected chi connectivity index (χ4v) is 3.04. The van der Waals surface area contributed by atoms with Gasteiger partial charge in [-0.1, -0.05) is 42.5 Å². The highest BCUT2D eigenvalue weighted by Gasteiger charge is 2.28. The van der Waals surface area contributed by atoms with Gasteiger partial charge in [-0.15, -0.1) is 0 Å². The molecule has 0 bridgehead atoms. The SMILES string of the molecule is O=C(O)C(NS(=O)(=O)c1ccccc1F)c1ccccc1. The summed E-state index contributed by atoms with van der Waals surface area (Å²) in [6.07, 6.45) is 0. The second-order valence-electron chi connectivity index (χ2n) is 4.23. The van der Waals surface area contributed by atoms with E-state index in [-0.39, 0.29) is 5.56 Å². The lowest BCUT2D eigenvalue weighted by Gasteiger charge is -2.15. The number of hydrogen-bond donors (Lipinski definition) is 2. The van der Waals surface area contributed by atoms with Crippen LogP contribution in [0, 0.1) is 5.82 Å². The predicted octanol–water partition coefficient (Wildman–Crippen LogP) is 1.93. The van der Waals surface area contributed by atoms with Gasteiger partial charge in [0.15, 0.2) is 0 Å². The number of sulfonamides is 1. The molecule has 1 atom stereocenters. The Morgan fingerprint density at radius 1 is 1.05 bits per heavy atom. The van der Waals surface area contributed by atoms with Gasteiger partial charge in [0.25, 0.3) is 0 Å². The van der Waals surface area contributed by atoms with Gasteiger partial charge in [0.05, 0.1) is 0 Å². The summed E-state index contributed by atoms with van der Waals surface area (Å²) in [6.45, 7) is 0. The molecule has 0 amide bonds. The molecule has 2 N–H and O–H groups in total. The van der Waals surface area contributed by atoms with E-state index in [1.54, 1.807) is 18.2 Å². The molecule has 2 rings (SSSR count). The van der Waals surface area contributed by atoms with E-state index < -0.39 is 32.7 Å². The molecule has 0 aromatic heterocycles. The molecule has 110 valence electrons. The number of hydrogen-bond acceptors (Lipinski definition) is 3. The lowest BCUT2D eigenvalue weighted by Crippen LogP contribution is -2.34. The summed E-state index contributed by atoms with van der Waals surface area (Å²) in [4.78, 5) is 10.7. The molecule has 0 fully saturated rings. The molecule has 0 aliphatic carbocycles. The lowest BCUT2D eigenvalue weighted by atomic mass is 10.1. The molecule has 0 spiro atoms. The van der Waals surface area contributed by atoms with E-state index in [0.29, 0.717) is 0 Å².